The molecule has 9 heteroatoms. The van der Waals surface area contributed by atoms with Gasteiger partial charge in [0.15, 0.2) is 5.82 Å². The fourth-order valence-corrected chi connectivity index (χ4v) is 4.44. The number of hydrogen-bond acceptors (Lipinski definition) is 6. The number of anilines is 1. The van der Waals surface area contributed by atoms with Crippen molar-refractivity contribution >= 4 is 29.1 Å². The summed E-state index contributed by atoms with van der Waals surface area (Å²) >= 11 is 5.93. The molecule has 2 saturated heterocycles. The van der Waals surface area contributed by atoms with E-state index in [0.717, 1.165) is 37.4 Å². The first kappa shape index (κ1) is 19.8. The highest BCUT2D eigenvalue weighted by atomic mass is 35.5. The van der Waals surface area contributed by atoms with Crippen molar-refractivity contribution in [3.8, 4) is 11.5 Å². The average Bonchev–Trinajstić information content (AvgIpc) is 3.40. The fraction of sp³-hybridized carbons (Fsp3) is 0.318. The van der Waals surface area contributed by atoms with Crippen LogP contribution in [0.3, 0.4) is 0 Å². The predicted molar refractivity (Wildman–Crippen MR) is 116 cm³/mol. The van der Waals surface area contributed by atoms with Crippen LogP contribution in [0.2, 0.25) is 5.02 Å². The smallest absolute Gasteiger partial charge is 0.251 e. The summed E-state index contributed by atoms with van der Waals surface area (Å²) in [5.41, 5.74) is 1.31. The molecule has 158 valence electrons. The monoisotopic (exact) mass is 436 g/mol. The normalized spacial score (nSPS) is 20.5. The zero-order chi connectivity index (χ0) is 21.4. The highest BCUT2D eigenvalue weighted by Gasteiger charge is 2.43. The molecule has 2 amide bonds. The van der Waals surface area contributed by atoms with Gasteiger partial charge in [0.25, 0.3) is 5.91 Å². The molecule has 0 radical (unpaired) electrons. The average molecular weight is 437 g/mol. The minimum Gasteiger partial charge on any atom is -0.291 e. The molecule has 8 nitrogen and oxygen atoms in total. The van der Waals surface area contributed by atoms with Gasteiger partial charge >= 0.3 is 0 Å². The number of pyridine rings is 1. The summed E-state index contributed by atoms with van der Waals surface area (Å²) in [6, 6.07) is 12.0. The number of hydrogen-bond donors (Lipinski definition) is 1. The number of halogens is 1. The Balaban J connectivity index is 1.24. The summed E-state index contributed by atoms with van der Waals surface area (Å²) < 4.78 is 0. The fourth-order valence-electron chi connectivity index (χ4n) is 4.31. The number of carbonyl (C=O) groups excluding carboxylic acids is 2. The van der Waals surface area contributed by atoms with E-state index < -0.39 is 6.04 Å². The molecule has 0 aliphatic carbocycles. The van der Waals surface area contributed by atoms with Crippen molar-refractivity contribution in [1.82, 2.24) is 25.1 Å². The van der Waals surface area contributed by atoms with E-state index in [0.29, 0.717) is 16.5 Å². The van der Waals surface area contributed by atoms with Crippen LogP contribution in [-0.2, 0) is 9.59 Å². The lowest BCUT2D eigenvalue weighted by molar-refractivity contribution is -0.123. The first-order valence-corrected chi connectivity index (χ1v) is 10.7. The number of aromatic amines is 1. The summed E-state index contributed by atoms with van der Waals surface area (Å²) in [6.45, 7) is 1.45. The van der Waals surface area contributed by atoms with Gasteiger partial charge in [0.05, 0.1) is 18.2 Å². The maximum atomic E-state index is 13.0. The van der Waals surface area contributed by atoms with Crippen LogP contribution in [0.4, 0.5) is 5.69 Å². The Hall–Kier alpha value is -3.10. The third kappa shape index (κ3) is 3.84. The second-order valence-corrected chi connectivity index (χ2v) is 8.27. The zero-order valence-corrected chi connectivity index (χ0v) is 17.5. The highest BCUT2D eigenvalue weighted by molar-refractivity contribution is 6.30. The van der Waals surface area contributed by atoms with Crippen LogP contribution >= 0.6 is 11.6 Å². The van der Waals surface area contributed by atoms with E-state index in [1.54, 1.807) is 30.5 Å². The molecule has 1 aromatic carbocycles. The summed E-state index contributed by atoms with van der Waals surface area (Å²) in [6.07, 6.45) is 3.61. The standard InChI is InChI=1S/C22H21ClN6O2/c23-15-4-6-16(7-5-15)29-19(30)13-18(22(29)31)28-11-8-14(9-12-28)20-25-21(27-26-20)17-3-1-2-10-24-17/h1-7,10,14,18H,8-9,11-13H2,(H,25,26,27)/t18-/m0/s1. The molecule has 31 heavy (non-hydrogen) atoms. The topological polar surface area (TPSA) is 95.1 Å². The van der Waals surface area contributed by atoms with Gasteiger partial charge in [-0.05, 0) is 62.3 Å². The lowest BCUT2D eigenvalue weighted by Crippen LogP contribution is -2.45. The Kier molecular flexibility index (Phi) is 5.25. The van der Waals surface area contributed by atoms with Gasteiger partial charge in [-0.15, -0.1) is 0 Å². The molecule has 2 aliphatic rings. The lowest BCUT2D eigenvalue weighted by Gasteiger charge is -2.33. The van der Waals surface area contributed by atoms with Crippen molar-refractivity contribution in [2.45, 2.75) is 31.2 Å². The van der Waals surface area contributed by atoms with Gasteiger partial charge in [0.2, 0.25) is 5.91 Å². The van der Waals surface area contributed by atoms with Crippen molar-refractivity contribution in [1.29, 1.82) is 0 Å². The van der Waals surface area contributed by atoms with E-state index >= 15 is 0 Å². The molecule has 0 saturated carbocycles. The van der Waals surface area contributed by atoms with Gasteiger partial charge in [-0.25, -0.2) is 9.88 Å². The lowest BCUT2D eigenvalue weighted by atomic mass is 9.95. The van der Waals surface area contributed by atoms with E-state index in [4.69, 9.17) is 11.6 Å². The molecule has 2 aromatic heterocycles. The Morgan fingerprint density at radius 2 is 1.81 bits per heavy atom. The van der Waals surface area contributed by atoms with E-state index in [1.807, 2.05) is 18.2 Å². The molecule has 5 rings (SSSR count). The van der Waals surface area contributed by atoms with E-state index in [1.165, 1.54) is 4.90 Å². The molecule has 3 aromatic rings. The second-order valence-electron chi connectivity index (χ2n) is 7.83. The molecule has 1 atom stereocenters. The maximum absolute atomic E-state index is 13.0. The van der Waals surface area contributed by atoms with Crippen LogP contribution in [0.15, 0.2) is 48.7 Å². The number of piperidine rings is 1. The van der Waals surface area contributed by atoms with Crippen LogP contribution in [0.25, 0.3) is 11.5 Å². The maximum Gasteiger partial charge on any atom is 0.251 e. The number of aromatic nitrogens is 4. The van der Waals surface area contributed by atoms with Gasteiger partial charge < -0.3 is 0 Å². The Morgan fingerprint density at radius 1 is 1.03 bits per heavy atom. The predicted octanol–water partition coefficient (Wildman–Crippen LogP) is 3.03. The van der Waals surface area contributed by atoms with Gasteiger partial charge in [-0.1, -0.05) is 17.7 Å². The van der Waals surface area contributed by atoms with Crippen molar-refractivity contribution < 1.29 is 9.59 Å². The van der Waals surface area contributed by atoms with Crippen molar-refractivity contribution in [3.63, 3.8) is 0 Å². The van der Waals surface area contributed by atoms with Crippen LogP contribution < -0.4 is 4.90 Å². The molecular weight excluding hydrogens is 416 g/mol. The van der Waals surface area contributed by atoms with E-state index in [2.05, 4.69) is 25.1 Å². The van der Waals surface area contributed by atoms with Crippen molar-refractivity contribution in [3.05, 3.63) is 59.5 Å². The number of nitrogens with zero attached hydrogens (tertiary/aromatic N) is 5. The SMILES string of the molecule is O=C1C[C@H](N2CCC(c3nc(-c4ccccn4)n[nH]3)CC2)C(=O)N1c1ccc(Cl)cc1. The summed E-state index contributed by atoms with van der Waals surface area (Å²) in [5.74, 6) is 1.34. The third-order valence-corrected chi connectivity index (χ3v) is 6.21. The summed E-state index contributed by atoms with van der Waals surface area (Å²) in [5, 5.41) is 7.92. The van der Waals surface area contributed by atoms with E-state index in [-0.39, 0.29) is 24.2 Å². The second kappa shape index (κ2) is 8.20. The van der Waals surface area contributed by atoms with Gasteiger partial charge in [-0.2, -0.15) is 5.10 Å². The molecule has 2 aliphatic heterocycles. The summed E-state index contributed by atoms with van der Waals surface area (Å²) in [4.78, 5) is 37.9. The Labute approximate surface area is 184 Å². The van der Waals surface area contributed by atoms with Crippen molar-refractivity contribution in [2.24, 2.45) is 0 Å². The number of H-pyrrole nitrogens is 1. The molecule has 0 bridgehead atoms. The Bertz CT molecular complexity index is 1090. The van der Waals surface area contributed by atoms with Crippen LogP contribution in [0, 0.1) is 0 Å². The number of likely N-dealkylation sites (tertiary alicyclic amines) is 1. The number of carbonyl (C=O) groups is 2. The highest BCUT2D eigenvalue weighted by Crippen LogP contribution is 2.32. The largest absolute Gasteiger partial charge is 0.291 e. The minimum atomic E-state index is -0.414. The molecule has 1 N–H and O–H groups in total. The van der Waals surface area contributed by atoms with Gasteiger partial charge in [0.1, 0.15) is 11.5 Å². The first-order valence-electron chi connectivity index (χ1n) is 10.3. The van der Waals surface area contributed by atoms with Crippen LogP contribution in [-0.4, -0.2) is 56.0 Å². The van der Waals surface area contributed by atoms with E-state index in [9.17, 15) is 9.59 Å². The number of nitrogens with one attached hydrogen (secondary N) is 1. The summed E-state index contributed by atoms with van der Waals surface area (Å²) in [7, 11) is 0. The van der Waals surface area contributed by atoms with Gasteiger partial charge in [0, 0.05) is 17.1 Å². The van der Waals surface area contributed by atoms with Crippen LogP contribution in [0.5, 0.6) is 0 Å². The number of rotatable bonds is 4. The zero-order valence-electron chi connectivity index (χ0n) is 16.7. The first-order chi connectivity index (χ1) is 15.1. The number of imide groups is 1. The molecule has 2 fully saturated rings. The Morgan fingerprint density at radius 3 is 2.52 bits per heavy atom. The minimum absolute atomic E-state index is 0.164. The van der Waals surface area contributed by atoms with Gasteiger partial charge in [-0.3, -0.25) is 24.6 Å². The van der Waals surface area contributed by atoms with Crippen molar-refractivity contribution in [2.75, 3.05) is 18.0 Å². The molecule has 0 unspecified atom stereocenters. The molecule has 4 heterocycles. The van der Waals surface area contributed by atoms with Crippen LogP contribution in [0.1, 0.15) is 31.0 Å². The number of benzene rings is 1. The number of amides is 2. The molecular formula is C22H21ClN6O2. The quantitative estimate of drug-likeness (QED) is 0.631. The third-order valence-electron chi connectivity index (χ3n) is 5.96. The molecule has 0 spiro atoms.